The topological polar surface area (TPSA) is 102 Å². The highest BCUT2D eigenvalue weighted by Crippen LogP contribution is 2.13. The number of halogens is 1. The first-order valence-corrected chi connectivity index (χ1v) is 7.96. The molecular weight excluding hydrogens is 344 g/mol. The van der Waals surface area contributed by atoms with E-state index in [1.54, 1.807) is 6.92 Å². The summed E-state index contributed by atoms with van der Waals surface area (Å²) in [7, 11) is 0. The highest BCUT2D eigenvalue weighted by atomic mass is 35.5. The molecule has 0 atom stereocenters. The molecule has 0 aliphatic carbocycles. The van der Waals surface area contributed by atoms with E-state index in [-0.39, 0.29) is 12.0 Å². The lowest BCUT2D eigenvalue weighted by atomic mass is 10.1. The van der Waals surface area contributed by atoms with Crippen LogP contribution in [-0.2, 0) is 12.8 Å². The van der Waals surface area contributed by atoms with Gasteiger partial charge in [-0.3, -0.25) is 9.89 Å². The Morgan fingerprint density at radius 1 is 1.16 bits per heavy atom. The van der Waals surface area contributed by atoms with Gasteiger partial charge in [0.25, 0.3) is 11.3 Å². The second-order valence-corrected chi connectivity index (χ2v) is 6.06. The van der Waals surface area contributed by atoms with Crippen molar-refractivity contribution in [3.8, 4) is 0 Å². The van der Waals surface area contributed by atoms with Crippen LogP contribution in [-0.4, -0.2) is 29.7 Å². The number of aromatic amines is 1. The average molecular weight is 357 g/mol. The minimum atomic E-state index is -0.213. The SMILES string of the molecule is Cc1cc(=O)n2[nH]c(Cc3nc(Cc4ccc(Cl)cc4)no3)nc2n1. The van der Waals surface area contributed by atoms with E-state index >= 15 is 0 Å². The van der Waals surface area contributed by atoms with Crippen LogP contribution < -0.4 is 5.56 Å². The van der Waals surface area contributed by atoms with Gasteiger partial charge in [0.05, 0.1) is 6.42 Å². The normalized spacial score (nSPS) is 11.3. The van der Waals surface area contributed by atoms with Gasteiger partial charge in [-0.1, -0.05) is 28.9 Å². The lowest BCUT2D eigenvalue weighted by Gasteiger charge is -1.96. The first-order chi connectivity index (χ1) is 12.1. The molecule has 0 aliphatic heterocycles. The largest absolute Gasteiger partial charge is 0.339 e. The molecule has 1 N–H and O–H groups in total. The number of nitrogens with zero attached hydrogens (tertiary/aromatic N) is 5. The van der Waals surface area contributed by atoms with Crippen LogP contribution in [0.25, 0.3) is 5.78 Å². The van der Waals surface area contributed by atoms with E-state index in [4.69, 9.17) is 16.1 Å². The fourth-order valence-corrected chi connectivity index (χ4v) is 2.60. The monoisotopic (exact) mass is 356 g/mol. The average Bonchev–Trinajstić information content (AvgIpc) is 3.17. The van der Waals surface area contributed by atoms with Crippen LogP contribution in [0.15, 0.2) is 39.6 Å². The molecule has 1 aromatic carbocycles. The molecule has 3 aromatic heterocycles. The van der Waals surface area contributed by atoms with Gasteiger partial charge in [-0.2, -0.15) is 14.5 Å². The van der Waals surface area contributed by atoms with Gasteiger partial charge < -0.3 is 4.52 Å². The fraction of sp³-hybridized carbons (Fsp3) is 0.188. The molecule has 3 heterocycles. The molecular formula is C16H13ClN6O2. The van der Waals surface area contributed by atoms with Gasteiger partial charge in [-0.15, -0.1) is 0 Å². The number of hydrogen-bond acceptors (Lipinski definition) is 6. The molecule has 4 rings (SSSR count). The van der Waals surface area contributed by atoms with Gasteiger partial charge in [-0.25, -0.2) is 4.98 Å². The number of benzene rings is 1. The Balaban J connectivity index is 1.54. The molecule has 25 heavy (non-hydrogen) atoms. The summed E-state index contributed by atoms with van der Waals surface area (Å²) in [5, 5.41) is 7.55. The number of H-pyrrole nitrogens is 1. The second kappa shape index (κ2) is 6.14. The number of nitrogens with one attached hydrogen (secondary N) is 1. The third kappa shape index (κ3) is 3.29. The Labute approximate surface area is 146 Å². The summed E-state index contributed by atoms with van der Waals surface area (Å²) in [4.78, 5) is 24.7. The Hall–Kier alpha value is -3.00. The van der Waals surface area contributed by atoms with Crippen molar-refractivity contribution in [3.05, 3.63) is 74.5 Å². The third-order valence-corrected chi connectivity index (χ3v) is 3.86. The standard InChI is InChI=1S/C16H13ClN6O2/c1-9-6-15(24)23-16(18-9)20-12(21-23)8-14-19-13(22-25-14)7-10-2-4-11(17)5-3-10/h2-6H,7-8H2,1H3,(H,18,20,21). The minimum absolute atomic E-state index is 0.213. The van der Waals surface area contributed by atoms with Gasteiger partial charge in [0, 0.05) is 23.2 Å². The van der Waals surface area contributed by atoms with Gasteiger partial charge >= 0.3 is 0 Å². The van der Waals surface area contributed by atoms with Crippen LogP contribution in [0.5, 0.6) is 0 Å². The summed E-state index contributed by atoms with van der Waals surface area (Å²) in [6.07, 6.45) is 0.830. The molecule has 0 fully saturated rings. The van der Waals surface area contributed by atoms with E-state index in [2.05, 4.69) is 25.2 Å². The zero-order chi connectivity index (χ0) is 17.4. The summed E-state index contributed by atoms with van der Waals surface area (Å²) in [5.41, 5.74) is 1.44. The van der Waals surface area contributed by atoms with Gasteiger partial charge in [-0.05, 0) is 24.6 Å². The Morgan fingerprint density at radius 3 is 2.76 bits per heavy atom. The molecule has 126 valence electrons. The molecule has 4 aromatic rings. The maximum Gasteiger partial charge on any atom is 0.274 e. The molecule has 0 unspecified atom stereocenters. The van der Waals surface area contributed by atoms with Crippen molar-refractivity contribution < 1.29 is 4.52 Å². The van der Waals surface area contributed by atoms with Crippen LogP contribution in [0, 0.1) is 6.92 Å². The highest BCUT2D eigenvalue weighted by Gasteiger charge is 2.12. The van der Waals surface area contributed by atoms with E-state index in [0.29, 0.717) is 40.5 Å². The predicted molar refractivity (Wildman–Crippen MR) is 89.7 cm³/mol. The van der Waals surface area contributed by atoms with E-state index < -0.39 is 0 Å². The van der Waals surface area contributed by atoms with Crippen molar-refractivity contribution in [3.63, 3.8) is 0 Å². The van der Waals surface area contributed by atoms with Crippen LogP contribution in [0.1, 0.15) is 28.8 Å². The maximum atomic E-state index is 11.9. The summed E-state index contributed by atoms with van der Waals surface area (Å²) in [6.45, 7) is 1.75. The van der Waals surface area contributed by atoms with Crippen molar-refractivity contribution >= 4 is 17.4 Å². The zero-order valence-corrected chi connectivity index (χ0v) is 14.0. The Morgan fingerprint density at radius 2 is 1.96 bits per heavy atom. The molecule has 0 aliphatic rings. The smallest absolute Gasteiger partial charge is 0.274 e. The van der Waals surface area contributed by atoms with Gasteiger partial charge in [0.2, 0.25) is 5.89 Å². The molecule has 0 amide bonds. The fourth-order valence-electron chi connectivity index (χ4n) is 2.48. The molecule has 0 saturated carbocycles. The van der Waals surface area contributed by atoms with Crippen LogP contribution in [0.3, 0.4) is 0 Å². The molecule has 0 radical (unpaired) electrons. The zero-order valence-electron chi connectivity index (χ0n) is 13.2. The molecule has 0 spiro atoms. The van der Waals surface area contributed by atoms with E-state index in [9.17, 15) is 4.79 Å². The van der Waals surface area contributed by atoms with E-state index in [1.807, 2.05) is 24.3 Å². The first kappa shape index (κ1) is 15.5. The molecule has 9 heteroatoms. The number of fused-ring (bicyclic) bond motifs is 1. The molecule has 0 saturated heterocycles. The van der Waals surface area contributed by atoms with Crippen molar-refractivity contribution in [2.75, 3.05) is 0 Å². The lowest BCUT2D eigenvalue weighted by Crippen LogP contribution is -2.14. The van der Waals surface area contributed by atoms with Gasteiger partial charge in [0.1, 0.15) is 5.82 Å². The molecule has 8 nitrogen and oxygen atoms in total. The summed E-state index contributed by atoms with van der Waals surface area (Å²) in [6, 6.07) is 8.90. The molecule has 0 bridgehead atoms. The van der Waals surface area contributed by atoms with Crippen molar-refractivity contribution in [2.24, 2.45) is 0 Å². The summed E-state index contributed by atoms with van der Waals surface area (Å²) >= 11 is 5.87. The predicted octanol–water partition coefficient (Wildman–Crippen LogP) is 1.94. The summed E-state index contributed by atoms with van der Waals surface area (Å²) < 4.78 is 6.54. The van der Waals surface area contributed by atoms with E-state index in [1.165, 1.54) is 10.6 Å². The number of aryl methyl sites for hydroxylation is 1. The van der Waals surface area contributed by atoms with Gasteiger partial charge in [0.15, 0.2) is 5.82 Å². The highest BCUT2D eigenvalue weighted by molar-refractivity contribution is 6.30. The quantitative estimate of drug-likeness (QED) is 0.599. The van der Waals surface area contributed by atoms with Crippen molar-refractivity contribution in [1.82, 2.24) is 29.7 Å². The Bertz CT molecular complexity index is 1100. The summed E-state index contributed by atoms with van der Waals surface area (Å²) in [5.74, 6) is 1.82. The second-order valence-electron chi connectivity index (χ2n) is 5.63. The number of aromatic nitrogens is 6. The van der Waals surface area contributed by atoms with Crippen LogP contribution >= 0.6 is 11.6 Å². The van der Waals surface area contributed by atoms with Crippen molar-refractivity contribution in [2.45, 2.75) is 19.8 Å². The Kier molecular flexibility index (Phi) is 3.81. The van der Waals surface area contributed by atoms with E-state index in [0.717, 1.165) is 5.56 Å². The van der Waals surface area contributed by atoms with Crippen LogP contribution in [0.2, 0.25) is 5.02 Å². The minimum Gasteiger partial charge on any atom is -0.339 e. The third-order valence-electron chi connectivity index (χ3n) is 3.61. The van der Waals surface area contributed by atoms with Crippen molar-refractivity contribution in [1.29, 1.82) is 0 Å². The number of rotatable bonds is 4. The maximum absolute atomic E-state index is 11.9. The van der Waals surface area contributed by atoms with Crippen LogP contribution in [0.4, 0.5) is 0 Å². The lowest BCUT2D eigenvalue weighted by molar-refractivity contribution is 0.378. The number of hydrogen-bond donors (Lipinski definition) is 1. The first-order valence-electron chi connectivity index (χ1n) is 7.58.